The summed E-state index contributed by atoms with van der Waals surface area (Å²) in [6, 6.07) is 4.91. The van der Waals surface area contributed by atoms with Gasteiger partial charge >= 0.3 is 0 Å². The van der Waals surface area contributed by atoms with Crippen molar-refractivity contribution in [3.8, 4) is 16.3 Å². The molecule has 1 aromatic carbocycles. The first kappa shape index (κ1) is 12.9. The van der Waals surface area contributed by atoms with Crippen molar-refractivity contribution in [1.82, 2.24) is 15.5 Å². The molecule has 96 valence electrons. The van der Waals surface area contributed by atoms with E-state index in [4.69, 9.17) is 4.74 Å². The van der Waals surface area contributed by atoms with Crippen LogP contribution in [-0.2, 0) is 0 Å². The summed E-state index contributed by atoms with van der Waals surface area (Å²) in [5.74, 6) is -0.166. The Bertz CT molecular complexity index is 544. The fourth-order valence-electron chi connectivity index (χ4n) is 1.45. The average molecular weight is 267 g/mol. The Morgan fingerprint density at radius 2 is 2.17 bits per heavy atom. The molecule has 1 unspecified atom stereocenters. The molecule has 4 nitrogen and oxygen atoms in total. The van der Waals surface area contributed by atoms with E-state index < -0.39 is 5.82 Å². The van der Waals surface area contributed by atoms with Gasteiger partial charge in [-0.15, -0.1) is 10.2 Å². The molecule has 1 N–H and O–H groups in total. The highest BCUT2D eigenvalue weighted by atomic mass is 32.1. The van der Waals surface area contributed by atoms with Gasteiger partial charge in [-0.25, -0.2) is 4.39 Å². The fraction of sp³-hybridized carbons (Fsp3) is 0.333. The lowest BCUT2D eigenvalue weighted by Gasteiger charge is -2.03. The predicted molar refractivity (Wildman–Crippen MR) is 69.3 cm³/mol. The maximum Gasteiger partial charge on any atom is 0.165 e. The van der Waals surface area contributed by atoms with Gasteiger partial charge in [0.25, 0.3) is 0 Å². The average Bonchev–Trinajstić information content (AvgIpc) is 2.87. The minimum absolute atomic E-state index is 0.138. The molecule has 0 aliphatic rings. The lowest BCUT2D eigenvalue weighted by Crippen LogP contribution is -2.11. The van der Waals surface area contributed by atoms with Crippen molar-refractivity contribution in [1.29, 1.82) is 0 Å². The van der Waals surface area contributed by atoms with Crippen LogP contribution in [0.3, 0.4) is 0 Å². The SMILES string of the molecule is CNC(C)c1nnc(-c2ccc(OC)c(F)c2)s1. The number of benzene rings is 1. The summed E-state index contributed by atoms with van der Waals surface area (Å²) in [6.07, 6.45) is 0. The first-order chi connectivity index (χ1) is 8.65. The summed E-state index contributed by atoms with van der Waals surface area (Å²) in [4.78, 5) is 0. The lowest BCUT2D eigenvalue weighted by atomic mass is 10.2. The lowest BCUT2D eigenvalue weighted by molar-refractivity contribution is 0.386. The first-order valence-electron chi connectivity index (χ1n) is 5.50. The van der Waals surface area contributed by atoms with Gasteiger partial charge in [-0.3, -0.25) is 0 Å². The van der Waals surface area contributed by atoms with Crippen molar-refractivity contribution in [2.24, 2.45) is 0 Å². The predicted octanol–water partition coefficient (Wildman–Crippen LogP) is 2.63. The second kappa shape index (κ2) is 5.41. The Hall–Kier alpha value is -1.53. The van der Waals surface area contributed by atoms with Crippen molar-refractivity contribution >= 4 is 11.3 Å². The molecule has 0 aliphatic carbocycles. The van der Waals surface area contributed by atoms with E-state index in [0.29, 0.717) is 10.6 Å². The van der Waals surface area contributed by atoms with E-state index >= 15 is 0 Å². The highest BCUT2D eigenvalue weighted by Crippen LogP contribution is 2.29. The minimum Gasteiger partial charge on any atom is -0.494 e. The largest absolute Gasteiger partial charge is 0.494 e. The van der Waals surface area contributed by atoms with Crippen molar-refractivity contribution in [2.75, 3.05) is 14.2 Å². The van der Waals surface area contributed by atoms with Crippen LogP contribution < -0.4 is 10.1 Å². The van der Waals surface area contributed by atoms with E-state index in [0.717, 1.165) is 5.01 Å². The molecule has 0 saturated heterocycles. The third-order valence-electron chi connectivity index (χ3n) is 2.64. The Morgan fingerprint density at radius 1 is 1.39 bits per heavy atom. The van der Waals surface area contributed by atoms with Crippen molar-refractivity contribution in [3.05, 3.63) is 29.0 Å². The second-order valence-corrected chi connectivity index (χ2v) is 4.81. The molecule has 18 heavy (non-hydrogen) atoms. The Balaban J connectivity index is 2.31. The molecule has 0 bridgehead atoms. The van der Waals surface area contributed by atoms with Gasteiger partial charge in [0.1, 0.15) is 10.0 Å². The summed E-state index contributed by atoms with van der Waals surface area (Å²) in [5, 5.41) is 12.8. The van der Waals surface area contributed by atoms with Crippen molar-refractivity contribution in [2.45, 2.75) is 13.0 Å². The van der Waals surface area contributed by atoms with Gasteiger partial charge in [-0.1, -0.05) is 11.3 Å². The zero-order chi connectivity index (χ0) is 13.1. The number of halogens is 1. The number of hydrogen-bond donors (Lipinski definition) is 1. The molecule has 0 radical (unpaired) electrons. The fourth-order valence-corrected chi connectivity index (χ4v) is 2.35. The van der Waals surface area contributed by atoms with Crippen LogP contribution in [0.15, 0.2) is 18.2 Å². The number of ether oxygens (including phenoxy) is 1. The molecular formula is C12H14FN3OS. The molecule has 0 spiro atoms. The Morgan fingerprint density at radius 3 is 2.78 bits per heavy atom. The number of aromatic nitrogens is 2. The number of nitrogens with zero attached hydrogens (tertiary/aromatic N) is 2. The molecule has 0 aliphatic heterocycles. The second-order valence-electron chi connectivity index (χ2n) is 3.81. The number of hydrogen-bond acceptors (Lipinski definition) is 5. The molecule has 0 saturated carbocycles. The van der Waals surface area contributed by atoms with Crippen LogP contribution in [0.1, 0.15) is 18.0 Å². The van der Waals surface area contributed by atoms with Crippen LogP contribution in [0.25, 0.3) is 10.6 Å². The third-order valence-corrected chi connectivity index (χ3v) is 3.80. The van der Waals surface area contributed by atoms with Crippen LogP contribution in [-0.4, -0.2) is 24.4 Å². The van der Waals surface area contributed by atoms with E-state index in [1.165, 1.54) is 24.5 Å². The summed E-state index contributed by atoms with van der Waals surface area (Å²) in [7, 11) is 3.30. The number of rotatable bonds is 4. The van der Waals surface area contributed by atoms with Gasteiger partial charge in [-0.2, -0.15) is 0 Å². The molecule has 0 amide bonds. The molecule has 1 aromatic heterocycles. The molecule has 2 rings (SSSR count). The van der Waals surface area contributed by atoms with Gasteiger partial charge in [0.2, 0.25) is 0 Å². The standard InChI is InChI=1S/C12H14FN3OS/c1-7(14-2)11-15-16-12(18-11)8-4-5-10(17-3)9(13)6-8/h4-7,14H,1-3H3. The van der Waals surface area contributed by atoms with Crippen LogP contribution >= 0.6 is 11.3 Å². The van der Waals surface area contributed by atoms with E-state index in [1.54, 1.807) is 12.1 Å². The van der Waals surface area contributed by atoms with Gasteiger partial charge < -0.3 is 10.1 Å². The Labute approximate surface area is 109 Å². The maximum atomic E-state index is 13.6. The maximum absolute atomic E-state index is 13.6. The molecule has 6 heteroatoms. The monoisotopic (exact) mass is 267 g/mol. The van der Waals surface area contributed by atoms with Crippen LogP contribution in [0.4, 0.5) is 4.39 Å². The van der Waals surface area contributed by atoms with Gasteiger partial charge in [0.15, 0.2) is 11.6 Å². The number of nitrogens with one attached hydrogen (secondary N) is 1. The zero-order valence-electron chi connectivity index (χ0n) is 10.4. The van der Waals surface area contributed by atoms with Crippen molar-refractivity contribution in [3.63, 3.8) is 0 Å². The summed E-state index contributed by atoms with van der Waals surface area (Å²) >= 11 is 1.45. The topological polar surface area (TPSA) is 47.0 Å². The molecule has 0 fully saturated rings. The molecule has 1 heterocycles. The molecule has 1 atom stereocenters. The van der Waals surface area contributed by atoms with Gasteiger partial charge in [0, 0.05) is 5.56 Å². The van der Waals surface area contributed by atoms with Crippen LogP contribution in [0.2, 0.25) is 0 Å². The minimum atomic E-state index is -0.395. The van der Waals surface area contributed by atoms with E-state index in [-0.39, 0.29) is 11.8 Å². The van der Waals surface area contributed by atoms with E-state index in [2.05, 4.69) is 15.5 Å². The Kier molecular flexibility index (Phi) is 3.88. The van der Waals surface area contributed by atoms with E-state index in [9.17, 15) is 4.39 Å². The molecular weight excluding hydrogens is 253 g/mol. The smallest absolute Gasteiger partial charge is 0.165 e. The molecule has 2 aromatic rings. The van der Waals surface area contributed by atoms with Crippen molar-refractivity contribution < 1.29 is 9.13 Å². The third kappa shape index (κ3) is 2.49. The summed E-state index contributed by atoms with van der Waals surface area (Å²) in [5.41, 5.74) is 0.709. The summed E-state index contributed by atoms with van der Waals surface area (Å²) < 4.78 is 18.5. The normalized spacial score (nSPS) is 12.4. The quantitative estimate of drug-likeness (QED) is 0.925. The zero-order valence-corrected chi connectivity index (χ0v) is 11.2. The van der Waals surface area contributed by atoms with Crippen LogP contribution in [0, 0.1) is 5.82 Å². The van der Waals surface area contributed by atoms with E-state index in [1.807, 2.05) is 14.0 Å². The van der Waals surface area contributed by atoms with Crippen LogP contribution in [0.5, 0.6) is 5.75 Å². The van der Waals surface area contributed by atoms with Gasteiger partial charge in [-0.05, 0) is 32.2 Å². The highest BCUT2D eigenvalue weighted by Gasteiger charge is 2.13. The highest BCUT2D eigenvalue weighted by molar-refractivity contribution is 7.14. The summed E-state index contributed by atoms with van der Waals surface area (Å²) in [6.45, 7) is 2.00. The first-order valence-corrected chi connectivity index (χ1v) is 6.32. The van der Waals surface area contributed by atoms with Gasteiger partial charge in [0.05, 0.1) is 13.2 Å². The number of methoxy groups -OCH3 is 1.